The second-order valence-corrected chi connectivity index (χ2v) is 4.83. The van der Waals surface area contributed by atoms with Crippen molar-refractivity contribution in [2.45, 2.75) is 33.7 Å². The van der Waals surface area contributed by atoms with Crippen LogP contribution in [0.1, 0.15) is 35.6 Å². The van der Waals surface area contributed by atoms with Crippen LogP contribution in [0.25, 0.3) is 0 Å². The van der Waals surface area contributed by atoms with Gasteiger partial charge in [-0.25, -0.2) is 4.98 Å². The fourth-order valence-electron chi connectivity index (χ4n) is 1.89. The molecule has 0 saturated carbocycles. The fraction of sp³-hybridized carbons (Fsp3) is 0.357. The van der Waals surface area contributed by atoms with Gasteiger partial charge in [0, 0.05) is 6.54 Å². The lowest BCUT2D eigenvalue weighted by molar-refractivity contribution is 0.101. The summed E-state index contributed by atoms with van der Waals surface area (Å²) < 4.78 is 1.70. The van der Waals surface area contributed by atoms with Crippen molar-refractivity contribution < 1.29 is 4.79 Å². The number of pyridine rings is 1. The van der Waals surface area contributed by atoms with Gasteiger partial charge in [0.25, 0.3) is 5.91 Å². The molecule has 2 aromatic rings. The van der Waals surface area contributed by atoms with E-state index in [1.54, 1.807) is 16.9 Å². The van der Waals surface area contributed by atoms with Gasteiger partial charge in [-0.3, -0.25) is 9.48 Å². The number of nitrogens with one attached hydrogen (secondary N) is 1. The third kappa shape index (κ3) is 2.99. The Morgan fingerprint density at radius 2 is 2.15 bits per heavy atom. The van der Waals surface area contributed by atoms with Gasteiger partial charge >= 0.3 is 0 Å². The number of hydrogen-bond donors (Lipinski definition) is 1. The number of rotatable bonds is 4. The van der Waals surface area contributed by atoms with E-state index in [4.69, 9.17) is 11.6 Å². The summed E-state index contributed by atoms with van der Waals surface area (Å²) >= 11 is 5.87. The molecule has 0 aliphatic rings. The second-order valence-electron chi connectivity index (χ2n) is 4.48. The van der Waals surface area contributed by atoms with Crippen molar-refractivity contribution in [3.63, 3.8) is 0 Å². The average molecular weight is 293 g/mol. The normalized spacial score (nSPS) is 10.6. The van der Waals surface area contributed by atoms with Gasteiger partial charge in [0.05, 0.1) is 17.6 Å². The van der Waals surface area contributed by atoms with Gasteiger partial charge in [0.2, 0.25) is 0 Å². The number of amides is 1. The molecular weight excluding hydrogens is 276 g/mol. The second kappa shape index (κ2) is 6.05. The molecule has 0 aliphatic carbocycles. The van der Waals surface area contributed by atoms with E-state index in [0.29, 0.717) is 23.1 Å². The summed E-state index contributed by atoms with van der Waals surface area (Å²) in [4.78, 5) is 16.3. The molecule has 20 heavy (non-hydrogen) atoms. The number of nitrogens with zero attached hydrogens (tertiary/aromatic N) is 3. The highest BCUT2D eigenvalue weighted by molar-refractivity contribution is 6.30. The quantitative estimate of drug-likeness (QED) is 0.881. The standard InChI is InChI=1S/C14H17ClN4O/c1-4-10-7-12(19(5-2)18-10)14(20)17-11-6-9(3)13(15)16-8-11/h6-8H,4-5H2,1-3H3,(H,17,20). The van der Waals surface area contributed by atoms with Gasteiger partial charge in [-0.1, -0.05) is 18.5 Å². The fourth-order valence-corrected chi connectivity index (χ4v) is 1.99. The van der Waals surface area contributed by atoms with Crippen LogP contribution in [-0.2, 0) is 13.0 Å². The van der Waals surface area contributed by atoms with Crippen molar-refractivity contribution in [3.8, 4) is 0 Å². The van der Waals surface area contributed by atoms with Crippen LogP contribution in [0.2, 0.25) is 5.15 Å². The minimum atomic E-state index is -0.192. The Morgan fingerprint density at radius 1 is 1.40 bits per heavy atom. The largest absolute Gasteiger partial charge is 0.319 e. The highest BCUT2D eigenvalue weighted by Crippen LogP contribution is 2.17. The number of hydrogen-bond acceptors (Lipinski definition) is 3. The van der Waals surface area contributed by atoms with Crippen molar-refractivity contribution in [3.05, 3.63) is 40.4 Å². The molecule has 106 valence electrons. The number of carbonyl (C=O) groups is 1. The van der Waals surface area contributed by atoms with Crippen LogP contribution in [0.4, 0.5) is 5.69 Å². The van der Waals surface area contributed by atoms with Crippen LogP contribution >= 0.6 is 11.6 Å². The van der Waals surface area contributed by atoms with Gasteiger partial charge in [0.1, 0.15) is 10.8 Å². The molecule has 0 fully saturated rings. The van der Waals surface area contributed by atoms with Crippen molar-refractivity contribution >= 4 is 23.2 Å². The first-order valence-corrected chi connectivity index (χ1v) is 6.93. The maximum Gasteiger partial charge on any atom is 0.273 e. The molecule has 1 N–H and O–H groups in total. The summed E-state index contributed by atoms with van der Waals surface area (Å²) in [5, 5.41) is 7.62. The predicted molar refractivity (Wildman–Crippen MR) is 79.2 cm³/mol. The molecule has 0 atom stereocenters. The molecule has 0 aromatic carbocycles. The maximum absolute atomic E-state index is 12.3. The lowest BCUT2D eigenvalue weighted by atomic mass is 10.2. The van der Waals surface area contributed by atoms with Crippen LogP contribution in [0.5, 0.6) is 0 Å². The van der Waals surface area contributed by atoms with Gasteiger partial charge in [-0.15, -0.1) is 0 Å². The van der Waals surface area contributed by atoms with Gasteiger partial charge in [0.15, 0.2) is 0 Å². The molecule has 0 bridgehead atoms. The highest BCUT2D eigenvalue weighted by Gasteiger charge is 2.14. The number of aryl methyl sites for hydroxylation is 3. The molecule has 6 heteroatoms. The van der Waals surface area contributed by atoms with E-state index < -0.39 is 0 Å². The third-order valence-corrected chi connectivity index (χ3v) is 3.39. The summed E-state index contributed by atoms with van der Waals surface area (Å²) in [6, 6.07) is 3.61. The van der Waals surface area contributed by atoms with E-state index in [1.807, 2.05) is 26.8 Å². The molecule has 1 amide bonds. The Hall–Kier alpha value is -1.88. The number of carbonyl (C=O) groups excluding carboxylic acids is 1. The number of halogens is 1. The van der Waals surface area contributed by atoms with Gasteiger partial charge in [-0.2, -0.15) is 5.10 Å². The van der Waals surface area contributed by atoms with Crippen molar-refractivity contribution in [1.29, 1.82) is 0 Å². The molecule has 0 spiro atoms. The van der Waals surface area contributed by atoms with Crippen LogP contribution in [-0.4, -0.2) is 20.7 Å². The first-order chi connectivity index (χ1) is 9.55. The zero-order chi connectivity index (χ0) is 14.7. The minimum Gasteiger partial charge on any atom is -0.319 e. The smallest absolute Gasteiger partial charge is 0.273 e. The Bertz CT molecular complexity index is 636. The van der Waals surface area contributed by atoms with E-state index in [2.05, 4.69) is 15.4 Å². The van der Waals surface area contributed by atoms with Crippen LogP contribution in [0.15, 0.2) is 18.3 Å². The van der Waals surface area contributed by atoms with E-state index in [9.17, 15) is 4.79 Å². The lowest BCUT2D eigenvalue weighted by Gasteiger charge is -2.07. The molecule has 0 unspecified atom stereocenters. The van der Waals surface area contributed by atoms with Crippen molar-refractivity contribution in [2.24, 2.45) is 0 Å². The summed E-state index contributed by atoms with van der Waals surface area (Å²) in [6.45, 7) is 6.46. The first-order valence-electron chi connectivity index (χ1n) is 6.55. The Kier molecular flexibility index (Phi) is 4.39. The molecule has 2 rings (SSSR count). The number of anilines is 1. The molecular formula is C14H17ClN4O. The predicted octanol–water partition coefficient (Wildman–Crippen LogP) is 3.07. The summed E-state index contributed by atoms with van der Waals surface area (Å²) in [5.74, 6) is -0.192. The Labute approximate surface area is 123 Å². The molecule has 0 radical (unpaired) electrons. The Balaban J connectivity index is 2.23. The minimum absolute atomic E-state index is 0.192. The molecule has 0 aliphatic heterocycles. The van der Waals surface area contributed by atoms with Gasteiger partial charge in [-0.05, 0) is 38.0 Å². The van der Waals surface area contributed by atoms with E-state index >= 15 is 0 Å². The highest BCUT2D eigenvalue weighted by atomic mass is 35.5. The topological polar surface area (TPSA) is 59.8 Å². The summed E-state index contributed by atoms with van der Waals surface area (Å²) in [5.41, 5.74) is 2.90. The van der Waals surface area contributed by atoms with Gasteiger partial charge < -0.3 is 5.32 Å². The van der Waals surface area contributed by atoms with Crippen LogP contribution in [0.3, 0.4) is 0 Å². The third-order valence-electron chi connectivity index (χ3n) is 3.00. The van der Waals surface area contributed by atoms with E-state index in [1.165, 1.54) is 0 Å². The van der Waals surface area contributed by atoms with E-state index in [0.717, 1.165) is 17.7 Å². The molecule has 2 aromatic heterocycles. The van der Waals surface area contributed by atoms with E-state index in [-0.39, 0.29) is 5.91 Å². The summed E-state index contributed by atoms with van der Waals surface area (Å²) in [6.07, 6.45) is 2.34. The van der Waals surface area contributed by atoms with Crippen LogP contribution in [0, 0.1) is 6.92 Å². The SMILES string of the molecule is CCc1cc(C(=O)Nc2cnc(Cl)c(C)c2)n(CC)n1. The molecule has 0 saturated heterocycles. The summed E-state index contributed by atoms with van der Waals surface area (Å²) in [7, 11) is 0. The Morgan fingerprint density at radius 3 is 2.75 bits per heavy atom. The van der Waals surface area contributed by atoms with Crippen LogP contribution < -0.4 is 5.32 Å². The van der Waals surface area contributed by atoms with Crippen molar-refractivity contribution in [2.75, 3.05) is 5.32 Å². The zero-order valence-corrected chi connectivity index (χ0v) is 12.5. The molecule has 5 nitrogen and oxygen atoms in total. The number of aromatic nitrogens is 3. The monoisotopic (exact) mass is 292 g/mol. The maximum atomic E-state index is 12.3. The first kappa shape index (κ1) is 14.5. The lowest BCUT2D eigenvalue weighted by Crippen LogP contribution is -2.17. The average Bonchev–Trinajstić information content (AvgIpc) is 2.86. The van der Waals surface area contributed by atoms with Crippen molar-refractivity contribution in [1.82, 2.24) is 14.8 Å². The zero-order valence-electron chi connectivity index (χ0n) is 11.8. The molecule has 2 heterocycles.